The van der Waals surface area contributed by atoms with Crippen molar-refractivity contribution < 1.29 is 18.4 Å². The van der Waals surface area contributed by atoms with Crippen LogP contribution in [0.15, 0.2) is 121 Å². The fraction of sp³-hybridized carbons (Fsp3) is 0.219. The van der Waals surface area contributed by atoms with Crippen molar-refractivity contribution in [2.75, 3.05) is 13.2 Å². The SMILES string of the molecule is CCOP(=O)(OCC)C(NC(=O)C[CH2][Ge]([c]1ccccc1)([c]1ccccc1)[c]1ccccc1)c1ccccc1. The summed E-state index contributed by atoms with van der Waals surface area (Å²) in [7, 11) is -3.66. The quantitative estimate of drug-likeness (QED) is 0.159. The minimum absolute atomic E-state index is 0.179. The van der Waals surface area contributed by atoms with E-state index in [1.54, 1.807) is 13.8 Å². The maximum absolute atomic E-state index is 13.9. The molecule has 0 saturated carbocycles. The number of hydrogen-bond donors (Lipinski definition) is 1. The number of carbonyl (C=O) groups excluding carboxylic acids is 1. The van der Waals surface area contributed by atoms with Crippen LogP contribution in [0.2, 0.25) is 5.25 Å². The third-order valence-corrected chi connectivity index (χ3v) is 19.6. The Labute approximate surface area is 234 Å². The van der Waals surface area contributed by atoms with Crippen molar-refractivity contribution in [2.24, 2.45) is 0 Å². The molecule has 39 heavy (non-hydrogen) atoms. The Morgan fingerprint density at radius 2 is 1.08 bits per heavy atom. The van der Waals surface area contributed by atoms with Gasteiger partial charge in [-0.2, -0.15) is 0 Å². The average Bonchev–Trinajstić information content (AvgIpc) is 2.98. The van der Waals surface area contributed by atoms with E-state index in [9.17, 15) is 9.36 Å². The summed E-state index contributed by atoms with van der Waals surface area (Å²) in [5, 5.41) is 3.74. The Hall–Kier alpha value is -2.96. The van der Waals surface area contributed by atoms with E-state index in [4.69, 9.17) is 9.05 Å². The summed E-state index contributed by atoms with van der Waals surface area (Å²) in [5.74, 6) is -1.07. The van der Waals surface area contributed by atoms with Gasteiger partial charge in [0.25, 0.3) is 0 Å². The molecule has 1 unspecified atom stereocenters. The van der Waals surface area contributed by atoms with Gasteiger partial charge in [0.15, 0.2) is 0 Å². The molecule has 0 saturated heterocycles. The van der Waals surface area contributed by atoms with Crippen LogP contribution in [0.4, 0.5) is 0 Å². The van der Waals surface area contributed by atoms with Crippen molar-refractivity contribution >= 4 is 40.0 Å². The first-order valence-electron chi connectivity index (χ1n) is 13.4. The second kappa shape index (κ2) is 13.9. The van der Waals surface area contributed by atoms with Crippen molar-refractivity contribution in [3.63, 3.8) is 0 Å². The second-order valence-corrected chi connectivity index (χ2v) is 19.9. The number of hydrogen-bond acceptors (Lipinski definition) is 4. The van der Waals surface area contributed by atoms with Crippen LogP contribution < -0.4 is 18.5 Å². The first-order chi connectivity index (χ1) is 19.0. The molecule has 0 fully saturated rings. The van der Waals surface area contributed by atoms with Gasteiger partial charge in [0.05, 0.1) is 0 Å². The van der Waals surface area contributed by atoms with Crippen molar-refractivity contribution in [1.82, 2.24) is 5.32 Å². The van der Waals surface area contributed by atoms with E-state index in [-0.39, 0.29) is 25.5 Å². The number of nitrogens with one attached hydrogen (secondary N) is 1. The van der Waals surface area contributed by atoms with Crippen LogP contribution in [0, 0.1) is 0 Å². The molecule has 0 heterocycles. The molecular weight excluding hydrogens is 566 g/mol. The zero-order valence-electron chi connectivity index (χ0n) is 22.5. The molecule has 0 aliphatic heterocycles. The Kier molecular flexibility index (Phi) is 10.4. The molecule has 0 aromatic heterocycles. The summed E-state index contributed by atoms with van der Waals surface area (Å²) in [5.41, 5.74) is 0.693. The summed E-state index contributed by atoms with van der Waals surface area (Å²) < 4.78 is 29.1. The van der Waals surface area contributed by atoms with Gasteiger partial charge in [-0.05, 0) is 0 Å². The van der Waals surface area contributed by atoms with Crippen LogP contribution in [-0.2, 0) is 18.4 Å². The van der Waals surface area contributed by atoms with Crippen molar-refractivity contribution in [1.29, 1.82) is 0 Å². The fourth-order valence-corrected chi connectivity index (χ4v) is 17.1. The molecule has 1 atom stereocenters. The molecule has 4 aromatic rings. The standard InChI is InChI=1S/C32H36GeNO4P/c1-3-37-39(36,38-4-2)32(27-17-9-5-10-18-27)34-31(35)25-26-33(28-19-11-6-12-20-28,29-21-13-7-14-22-29)30-23-15-8-16-24-30/h5-24,32H,3-4,25-26H2,1-2H3,(H,34,35). The molecule has 5 nitrogen and oxygen atoms in total. The molecule has 0 spiro atoms. The Bertz CT molecular complexity index is 1250. The van der Waals surface area contributed by atoms with Gasteiger partial charge in [-0.25, -0.2) is 0 Å². The van der Waals surface area contributed by atoms with Crippen LogP contribution in [-0.4, -0.2) is 32.4 Å². The van der Waals surface area contributed by atoms with E-state index < -0.39 is 26.6 Å². The molecule has 1 N–H and O–H groups in total. The zero-order valence-corrected chi connectivity index (χ0v) is 25.5. The number of benzene rings is 4. The van der Waals surface area contributed by atoms with Crippen LogP contribution in [0.3, 0.4) is 0 Å². The van der Waals surface area contributed by atoms with E-state index in [1.165, 1.54) is 13.2 Å². The van der Waals surface area contributed by atoms with E-state index in [2.05, 4.69) is 78.1 Å². The minimum atomic E-state index is -3.66. The van der Waals surface area contributed by atoms with Crippen LogP contribution in [0.5, 0.6) is 0 Å². The number of amides is 1. The maximum atomic E-state index is 13.9. The van der Waals surface area contributed by atoms with Crippen molar-refractivity contribution in [2.45, 2.75) is 31.3 Å². The normalized spacial score (nSPS) is 12.6. The first-order valence-corrected chi connectivity index (χ1v) is 19.7. The molecule has 0 aliphatic carbocycles. The van der Waals surface area contributed by atoms with Gasteiger partial charge in [0.2, 0.25) is 0 Å². The molecule has 7 heteroatoms. The van der Waals surface area contributed by atoms with Crippen molar-refractivity contribution in [3.05, 3.63) is 127 Å². The van der Waals surface area contributed by atoms with Gasteiger partial charge < -0.3 is 0 Å². The van der Waals surface area contributed by atoms with E-state index in [0.717, 1.165) is 0 Å². The topological polar surface area (TPSA) is 64.6 Å². The van der Waals surface area contributed by atoms with Gasteiger partial charge >= 0.3 is 235 Å². The number of carbonyl (C=O) groups is 1. The summed E-state index contributed by atoms with van der Waals surface area (Å²) in [6, 6.07) is 41.0. The summed E-state index contributed by atoms with van der Waals surface area (Å²) >= 11 is -3.29. The molecule has 4 rings (SSSR count). The third-order valence-electron chi connectivity index (χ3n) is 6.87. The Morgan fingerprint density at radius 3 is 1.46 bits per heavy atom. The predicted octanol–water partition coefficient (Wildman–Crippen LogP) is 5.63. The first kappa shape index (κ1) is 29.0. The molecule has 202 valence electrons. The van der Waals surface area contributed by atoms with Crippen molar-refractivity contribution in [3.8, 4) is 0 Å². The van der Waals surface area contributed by atoms with Gasteiger partial charge in [0.1, 0.15) is 0 Å². The van der Waals surface area contributed by atoms with Crippen LogP contribution in [0.1, 0.15) is 31.6 Å². The predicted molar refractivity (Wildman–Crippen MR) is 162 cm³/mol. The molecule has 0 radical (unpaired) electrons. The van der Waals surface area contributed by atoms with Gasteiger partial charge in [-0.15, -0.1) is 0 Å². The molecule has 0 bridgehead atoms. The van der Waals surface area contributed by atoms with E-state index in [1.807, 2.05) is 48.5 Å². The van der Waals surface area contributed by atoms with Gasteiger partial charge in [-0.1, -0.05) is 0 Å². The summed E-state index contributed by atoms with van der Waals surface area (Å²) in [4.78, 5) is 13.7. The third kappa shape index (κ3) is 6.79. The molecule has 4 aromatic carbocycles. The van der Waals surface area contributed by atoms with E-state index in [0.29, 0.717) is 10.8 Å². The Morgan fingerprint density at radius 1 is 0.692 bits per heavy atom. The molecule has 1 amide bonds. The van der Waals surface area contributed by atoms with Gasteiger partial charge in [-0.3, -0.25) is 0 Å². The fourth-order valence-electron chi connectivity index (χ4n) is 5.15. The van der Waals surface area contributed by atoms with Gasteiger partial charge in [0, 0.05) is 0 Å². The second-order valence-electron chi connectivity index (χ2n) is 9.26. The average molecular weight is 602 g/mol. The number of rotatable bonds is 13. The van der Waals surface area contributed by atoms with Crippen LogP contribution in [0.25, 0.3) is 0 Å². The van der Waals surface area contributed by atoms with Crippen LogP contribution >= 0.6 is 7.60 Å². The molecule has 0 aliphatic rings. The monoisotopic (exact) mass is 603 g/mol. The van der Waals surface area contributed by atoms with E-state index >= 15 is 0 Å². The zero-order chi connectivity index (χ0) is 27.6. The molecular formula is C32H36GeNO4P. The summed E-state index contributed by atoms with van der Waals surface area (Å²) in [6.45, 7) is 3.98. The Balaban J connectivity index is 1.71. The summed E-state index contributed by atoms with van der Waals surface area (Å²) in [6.07, 6.45) is 0.278.